The molecule has 2 aromatic heterocycles. The average molecular weight is 475 g/mol. The van der Waals surface area contributed by atoms with Gasteiger partial charge in [0.05, 0.1) is 35.5 Å². The molecular weight excluding hydrogens is 454 g/mol. The number of amides is 3. The van der Waals surface area contributed by atoms with Crippen molar-refractivity contribution in [2.75, 3.05) is 11.9 Å². The molecule has 0 unspecified atom stereocenters. The van der Waals surface area contributed by atoms with E-state index in [1.807, 2.05) is 0 Å². The lowest BCUT2D eigenvalue weighted by atomic mass is 10.0. The normalized spacial score (nSPS) is 12.5. The number of Topliss-reactive ketones (excluding diaryl/α,β-unsaturated/α-hetero) is 1. The summed E-state index contributed by atoms with van der Waals surface area (Å²) in [4.78, 5) is 68.4. The Hall–Kier alpha value is -4.60. The third-order valence-electron chi connectivity index (χ3n) is 5.42. The fourth-order valence-corrected chi connectivity index (χ4v) is 3.86. The lowest BCUT2D eigenvalue weighted by Gasteiger charge is -2.12. The average Bonchev–Trinajstić information content (AvgIpc) is 3.28. The van der Waals surface area contributed by atoms with Crippen LogP contribution in [0, 0.1) is 6.92 Å². The summed E-state index contributed by atoms with van der Waals surface area (Å²) in [5.41, 5.74) is 0.670. The lowest BCUT2D eigenvalue weighted by molar-refractivity contribution is 0.0523. The number of carbonyl (C=O) groups excluding carboxylic acids is 5. The van der Waals surface area contributed by atoms with E-state index in [1.54, 1.807) is 31.3 Å². The van der Waals surface area contributed by atoms with Crippen LogP contribution in [0.1, 0.15) is 77.1 Å². The SMILES string of the molecule is CCOC(=O)c1c(NC(=O)c2ccc3c(c2)C(=O)N(Cc2ccccn2)C3=O)oc(C)c1C(C)=O. The van der Waals surface area contributed by atoms with Crippen LogP contribution >= 0.6 is 0 Å². The van der Waals surface area contributed by atoms with Crippen LogP contribution in [0.2, 0.25) is 0 Å². The minimum Gasteiger partial charge on any atom is -0.462 e. The van der Waals surface area contributed by atoms with E-state index in [0.29, 0.717) is 5.69 Å². The van der Waals surface area contributed by atoms with E-state index in [9.17, 15) is 24.0 Å². The Labute approximate surface area is 199 Å². The summed E-state index contributed by atoms with van der Waals surface area (Å²) in [6, 6.07) is 9.25. The zero-order chi connectivity index (χ0) is 25.3. The summed E-state index contributed by atoms with van der Waals surface area (Å²) in [6.07, 6.45) is 1.56. The van der Waals surface area contributed by atoms with Gasteiger partial charge in [0.15, 0.2) is 5.78 Å². The van der Waals surface area contributed by atoms with E-state index >= 15 is 0 Å². The molecule has 0 saturated carbocycles. The number of ketones is 1. The van der Waals surface area contributed by atoms with Crippen molar-refractivity contribution < 1.29 is 33.1 Å². The van der Waals surface area contributed by atoms with Crippen LogP contribution in [0.5, 0.6) is 0 Å². The largest absolute Gasteiger partial charge is 0.462 e. The highest BCUT2D eigenvalue weighted by atomic mass is 16.5. The minimum atomic E-state index is -0.815. The molecule has 4 rings (SSSR count). The van der Waals surface area contributed by atoms with Gasteiger partial charge in [0.2, 0.25) is 5.88 Å². The zero-order valence-electron chi connectivity index (χ0n) is 19.2. The van der Waals surface area contributed by atoms with Crippen molar-refractivity contribution in [1.82, 2.24) is 9.88 Å². The Bertz CT molecular complexity index is 1380. The second kappa shape index (κ2) is 9.34. The number of nitrogens with one attached hydrogen (secondary N) is 1. The first-order valence-corrected chi connectivity index (χ1v) is 10.8. The van der Waals surface area contributed by atoms with E-state index in [1.165, 1.54) is 32.0 Å². The number of furan rings is 1. The highest BCUT2D eigenvalue weighted by molar-refractivity contribution is 6.22. The Morgan fingerprint density at radius 3 is 2.46 bits per heavy atom. The molecule has 0 radical (unpaired) electrons. The molecule has 0 bridgehead atoms. The first-order valence-electron chi connectivity index (χ1n) is 10.8. The smallest absolute Gasteiger partial charge is 0.344 e. The maximum atomic E-state index is 13.0. The number of fused-ring (bicyclic) bond motifs is 1. The fraction of sp³-hybridized carbons (Fsp3) is 0.200. The number of hydrogen-bond donors (Lipinski definition) is 1. The van der Waals surface area contributed by atoms with Crippen molar-refractivity contribution in [3.8, 4) is 0 Å². The molecular formula is C25H21N3O7. The van der Waals surface area contributed by atoms with Crippen LogP contribution < -0.4 is 5.32 Å². The molecule has 178 valence electrons. The number of anilines is 1. The number of aryl methyl sites for hydroxylation is 1. The van der Waals surface area contributed by atoms with E-state index in [4.69, 9.17) is 9.15 Å². The van der Waals surface area contributed by atoms with Crippen LogP contribution in [-0.2, 0) is 11.3 Å². The van der Waals surface area contributed by atoms with Crippen LogP contribution in [0.15, 0.2) is 47.0 Å². The molecule has 3 amide bonds. The summed E-state index contributed by atoms with van der Waals surface area (Å²) in [5.74, 6) is -3.07. The highest BCUT2D eigenvalue weighted by Gasteiger charge is 2.36. The van der Waals surface area contributed by atoms with Crippen LogP contribution in [0.4, 0.5) is 5.88 Å². The van der Waals surface area contributed by atoms with Gasteiger partial charge in [0, 0.05) is 11.8 Å². The molecule has 10 heteroatoms. The van der Waals surface area contributed by atoms with Gasteiger partial charge in [-0.2, -0.15) is 0 Å². The molecule has 0 fully saturated rings. The molecule has 0 saturated heterocycles. The van der Waals surface area contributed by atoms with Gasteiger partial charge < -0.3 is 9.15 Å². The van der Waals surface area contributed by atoms with Gasteiger partial charge in [-0.3, -0.25) is 34.4 Å². The van der Waals surface area contributed by atoms with Crippen LogP contribution in [0.25, 0.3) is 0 Å². The molecule has 1 aliphatic rings. The summed E-state index contributed by atoms with van der Waals surface area (Å²) in [5, 5.41) is 2.47. The number of pyridine rings is 1. The van der Waals surface area contributed by atoms with Crippen molar-refractivity contribution in [3.05, 3.63) is 81.9 Å². The third-order valence-corrected chi connectivity index (χ3v) is 5.42. The number of imide groups is 1. The number of esters is 1. The van der Waals surface area contributed by atoms with Crippen molar-refractivity contribution in [2.45, 2.75) is 27.3 Å². The van der Waals surface area contributed by atoms with E-state index in [2.05, 4.69) is 10.3 Å². The molecule has 0 aliphatic carbocycles. The molecule has 0 spiro atoms. The first kappa shape index (κ1) is 23.6. The summed E-state index contributed by atoms with van der Waals surface area (Å²) in [6.45, 7) is 4.42. The maximum absolute atomic E-state index is 13.0. The molecule has 1 aliphatic heterocycles. The minimum absolute atomic E-state index is 0.00287. The van der Waals surface area contributed by atoms with Gasteiger partial charge in [0.25, 0.3) is 17.7 Å². The number of hydrogen-bond acceptors (Lipinski definition) is 8. The molecule has 1 aromatic carbocycles. The number of nitrogens with zero attached hydrogens (tertiary/aromatic N) is 2. The van der Waals surface area contributed by atoms with Gasteiger partial charge in [0.1, 0.15) is 11.3 Å². The molecule has 3 heterocycles. The van der Waals surface area contributed by atoms with Gasteiger partial charge in [-0.1, -0.05) is 6.07 Å². The van der Waals surface area contributed by atoms with Gasteiger partial charge in [-0.05, 0) is 51.1 Å². The number of benzene rings is 1. The maximum Gasteiger partial charge on any atom is 0.344 e. The molecule has 35 heavy (non-hydrogen) atoms. The second-order valence-corrected chi connectivity index (χ2v) is 7.75. The molecule has 1 N–H and O–H groups in total. The standard InChI is InChI=1S/C25H21N3O7/c1-4-34-25(33)20-19(13(2)29)14(3)35-22(20)27-21(30)15-8-9-17-18(11-15)24(32)28(23(17)31)12-16-7-5-6-10-26-16/h5-11H,4,12H2,1-3H3,(H,27,30). The summed E-state index contributed by atoms with van der Waals surface area (Å²) >= 11 is 0. The van der Waals surface area contributed by atoms with Crippen molar-refractivity contribution >= 4 is 35.4 Å². The molecule has 10 nitrogen and oxygen atoms in total. The van der Waals surface area contributed by atoms with E-state index in [-0.39, 0.29) is 52.6 Å². The van der Waals surface area contributed by atoms with Crippen LogP contribution in [-0.4, -0.2) is 46.0 Å². The quantitative estimate of drug-likeness (QED) is 0.312. The predicted octanol–water partition coefficient (Wildman–Crippen LogP) is 3.41. The Balaban J connectivity index is 1.61. The van der Waals surface area contributed by atoms with Gasteiger partial charge >= 0.3 is 5.97 Å². The number of carbonyl (C=O) groups is 5. The number of aromatic nitrogens is 1. The van der Waals surface area contributed by atoms with Crippen LogP contribution in [0.3, 0.4) is 0 Å². The first-order chi connectivity index (χ1) is 16.7. The number of rotatable bonds is 7. The van der Waals surface area contributed by atoms with Crippen molar-refractivity contribution in [2.24, 2.45) is 0 Å². The number of ether oxygens (including phenoxy) is 1. The zero-order valence-corrected chi connectivity index (χ0v) is 19.2. The molecule has 3 aromatic rings. The second-order valence-electron chi connectivity index (χ2n) is 7.75. The molecule has 0 atom stereocenters. The Morgan fingerprint density at radius 2 is 1.80 bits per heavy atom. The Kier molecular flexibility index (Phi) is 6.28. The van der Waals surface area contributed by atoms with Gasteiger partial charge in [-0.15, -0.1) is 0 Å². The topological polar surface area (TPSA) is 136 Å². The Morgan fingerprint density at radius 1 is 1.06 bits per heavy atom. The van der Waals surface area contributed by atoms with E-state index < -0.39 is 29.5 Å². The fourth-order valence-electron chi connectivity index (χ4n) is 3.86. The monoisotopic (exact) mass is 475 g/mol. The lowest BCUT2D eigenvalue weighted by Crippen LogP contribution is -2.29. The summed E-state index contributed by atoms with van der Waals surface area (Å²) in [7, 11) is 0. The van der Waals surface area contributed by atoms with Crippen molar-refractivity contribution in [3.63, 3.8) is 0 Å². The highest BCUT2D eigenvalue weighted by Crippen LogP contribution is 2.30. The third kappa shape index (κ3) is 4.33. The van der Waals surface area contributed by atoms with Gasteiger partial charge in [-0.25, -0.2) is 4.79 Å². The predicted molar refractivity (Wildman–Crippen MR) is 122 cm³/mol. The summed E-state index contributed by atoms with van der Waals surface area (Å²) < 4.78 is 10.5. The van der Waals surface area contributed by atoms with E-state index in [0.717, 1.165) is 4.90 Å². The van der Waals surface area contributed by atoms with Crippen molar-refractivity contribution in [1.29, 1.82) is 0 Å².